The van der Waals surface area contributed by atoms with Crippen LogP contribution in [0.25, 0.3) is 22.8 Å². The molecule has 4 heterocycles. The van der Waals surface area contributed by atoms with Crippen molar-refractivity contribution in [2.24, 2.45) is 0 Å². The van der Waals surface area contributed by atoms with Crippen molar-refractivity contribution in [1.82, 2.24) is 25.1 Å². The van der Waals surface area contributed by atoms with Crippen molar-refractivity contribution >= 4 is 0 Å². The Morgan fingerprint density at radius 1 is 1.13 bits per heavy atom. The number of hydrogen-bond acceptors (Lipinski definition) is 7. The molecule has 0 saturated carbocycles. The summed E-state index contributed by atoms with van der Waals surface area (Å²) in [6.45, 7) is 2.49. The molecule has 0 aliphatic carbocycles. The minimum Gasteiger partial charge on any atom is -0.493 e. The summed E-state index contributed by atoms with van der Waals surface area (Å²) in [5.41, 5.74) is 5.36. The Hall–Kier alpha value is -3.65. The maximum atomic E-state index is 5.45. The van der Waals surface area contributed by atoms with Gasteiger partial charge in [0.15, 0.2) is 23.1 Å². The third-order valence-corrected chi connectivity index (χ3v) is 5.54. The second-order valence-electron chi connectivity index (χ2n) is 7.44. The average molecular weight is 417 g/mol. The van der Waals surface area contributed by atoms with Crippen molar-refractivity contribution in [3.63, 3.8) is 0 Å². The summed E-state index contributed by atoms with van der Waals surface area (Å²) in [4.78, 5) is 11.6. The van der Waals surface area contributed by atoms with Crippen molar-refractivity contribution in [1.29, 1.82) is 0 Å². The molecule has 31 heavy (non-hydrogen) atoms. The zero-order chi connectivity index (χ0) is 21.2. The molecule has 0 spiro atoms. The molecule has 1 N–H and O–H groups in total. The number of aromatic amines is 1. The second kappa shape index (κ2) is 8.23. The van der Waals surface area contributed by atoms with E-state index >= 15 is 0 Å². The van der Waals surface area contributed by atoms with Gasteiger partial charge in [-0.05, 0) is 30.3 Å². The summed E-state index contributed by atoms with van der Waals surface area (Å²) in [5, 5.41) is 7.42. The van der Waals surface area contributed by atoms with Crippen LogP contribution in [0.1, 0.15) is 16.8 Å². The summed E-state index contributed by atoms with van der Waals surface area (Å²) in [5.74, 6) is 2.73. The highest BCUT2D eigenvalue weighted by Crippen LogP contribution is 2.33. The number of ether oxygens (including phenoxy) is 2. The largest absolute Gasteiger partial charge is 0.493 e. The number of fused-ring (bicyclic) bond motifs is 1. The summed E-state index contributed by atoms with van der Waals surface area (Å²) in [7, 11) is 3.27. The second-order valence-corrected chi connectivity index (χ2v) is 7.44. The van der Waals surface area contributed by atoms with Crippen LogP contribution in [0.4, 0.5) is 0 Å². The van der Waals surface area contributed by atoms with E-state index in [-0.39, 0.29) is 0 Å². The van der Waals surface area contributed by atoms with E-state index in [1.807, 2.05) is 42.7 Å². The fourth-order valence-corrected chi connectivity index (χ4v) is 3.95. The van der Waals surface area contributed by atoms with Gasteiger partial charge in [0.25, 0.3) is 0 Å². The first-order valence-electron chi connectivity index (χ1n) is 10.1. The summed E-state index contributed by atoms with van der Waals surface area (Å²) in [6, 6.07) is 9.61. The highest BCUT2D eigenvalue weighted by molar-refractivity contribution is 5.66. The van der Waals surface area contributed by atoms with Crippen LogP contribution in [0.2, 0.25) is 0 Å². The molecule has 4 aromatic rings. The van der Waals surface area contributed by atoms with Crippen LogP contribution in [0.15, 0.2) is 53.4 Å². The van der Waals surface area contributed by atoms with Crippen LogP contribution in [0.3, 0.4) is 0 Å². The predicted octanol–water partition coefficient (Wildman–Crippen LogP) is 3.70. The molecule has 0 saturated heterocycles. The molecule has 0 atom stereocenters. The number of methoxy groups -OCH3 is 2. The lowest BCUT2D eigenvalue weighted by atomic mass is 10.0. The zero-order valence-electron chi connectivity index (χ0n) is 17.5. The van der Waals surface area contributed by atoms with Crippen molar-refractivity contribution in [2.45, 2.75) is 19.5 Å². The fourth-order valence-electron chi connectivity index (χ4n) is 3.95. The standard InChI is InChI=1S/C23H23N5O3/c1-29-19-6-5-15(10-21(19)30-2)22-17(12-25-27-22)14-28-8-7-18-16(13-28)11-24-23(26-18)20-4-3-9-31-20/h3-6,9-12H,7-8,13-14H2,1-2H3,(H,25,27). The quantitative estimate of drug-likeness (QED) is 0.512. The Labute approximate surface area is 179 Å². The summed E-state index contributed by atoms with van der Waals surface area (Å²) < 4.78 is 16.2. The molecule has 3 aromatic heterocycles. The molecule has 158 valence electrons. The third kappa shape index (κ3) is 3.77. The molecule has 8 heteroatoms. The molecule has 0 unspecified atom stereocenters. The van der Waals surface area contributed by atoms with Gasteiger partial charge in [0.1, 0.15) is 0 Å². The molecule has 8 nitrogen and oxygen atoms in total. The van der Waals surface area contributed by atoms with E-state index in [0.29, 0.717) is 23.1 Å². The normalized spacial score (nSPS) is 13.7. The number of H-pyrrole nitrogens is 1. The monoisotopic (exact) mass is 417 g/mol. The molecule has 1 aliphatic rings. The van der Waals surface area contributed by atoms with Gasteiger partial charge in [0.05, 0.1) is 38.1 Å². The van der Waals surface area contributed by atoms with E-state index in [4.69, 9.17) is 18.9 Å². The van der Waals surface area contributed by atoms with Gasteiger partial charge in [-0.1, -0.05) is 0 Å². The van der Waals surface area contributed by atoms with Gasteiger partial charge in [-0.3, -0.25) is 10.00 Å². The molecule has 0 radical (unpaired) electrons. The Morgan fingerprint density at radius 3 is 2.84 bits per heavy atom. The minimum atomic E-state index is 0.641. The van der Waals surface area contributed by atoms with Gasteiger partial charge in [0.2, 0.25) is 0 Å². The van der Waals surface area contributed by atoms with E-state index in [9.17, 15) is 0 Å². The van der Waals surface area contributed by atoms with Crippen LogP contribution in [0.5, 0.6) is 11.5 Å². The lowest BCUT2D eigenvalue weighted by Crippen LogP contribution is -2.31. The number of aromatic nitrogens is 4. The topological polar surface area (TPSA) is 89.3 Å². The Balaban J connectivity index is 1.34. The van der Waals surface area contributed by atoms with Gasteiger partial charge in [-0.2, -0.15) is 5.10 Å². The lowest BCUT2D eigenvalue weighted by molar-refractivity contribution is 0.243. The number of rotatable bonds is 6. The molecule has 0 fully saturated rings. The Bertz CT molecular complexity index is 1190. The fraction of sp³-hybridized carbons (Fsp3) is 0.261. The van der Waals surface area contributed by atoms with E-state index < -0.39 is 0 Å². The molecular weight excluding hydrogens is 394 g/mol. The minimum absolute atomic E-state index is 0.641. The first-order chi connectivity index (χ1) is 15.2. The van der Waals surface area contributed by atoms with E-state index in [2.05, 4.69) is 20.1 Å². The Morgan fingerprint density at radius 2 is 2.03 bits per heavy atom. The number of benzene rings is 1. The van der Waals surface area contributed by atoms with Gasteiger partial charge in [-0.25, -0.2) is 9.97 Å². The SMILES string of the molecule is COc1ccc(-c2[nH]ncc2CN2CCc3nc(-c4ccco4)ncc3C2)cc1OC. The van der Waals surface area contributed by atoms with E-state index in [1.54, 1.807) is 20.5 Å². The lowest BCUT2D eigenvalue weighted by Gasteiger charge is -2.27. The van der Waals surface area contributed by atoms with Crippen LogP contribution in [-0.4, -0.2) is 45.8 Å². The van der Waals surface area contributed by atoms with E-state index in [1.165, 1.54) is 0 Å². The molecule has 0 amide bonds. The van der Waals surface area contributed by atoms with Crippen LogP contribution in [0, 0.1) is 0 Å². The van der Waals surface area contributed by atoms with Crippen LogP contribution < -0.4 is 9.47 Å². The highest BCUT2D eigenvalue weighted by Gasteiger charge is 2.21. The van der Waals surface area contributed by atoms with Crippen LogP contribution in [-0.2, 0) is 19.5 Å². The van der Waals surface area contributed by atoms with Crippen LogP contribution >= 0.6 is 0 Å². The smallest absolute Gasteiger partial charge is 0.195 e. The van der Waals surface area contributed by atoms with Gasteiger partial charge < -0.3 is 13.9 Å². The van der Waals surface area contributed by atoms with Crippen molar-refractivity contribution in [3.05, 3.63) is 65.8 Å². The third-order valence-electron chi connectivity index (χ3n) is 5.54. The first kappa shape index (κ1) is 19.3. The first-order valence-corrected chi connectivity index (χ1v) is 10.1. The Kier molecular flexibility index (Phi) is 5.13. The molecular formula is C23H23N5O3. The summed E-state index contributed by atoms with van der Waals surface area (Å²) in [6.07, 6.45) is 6.31. The maximum Gasteiger partial charge on any atom is 0.195 e. The average Bonchev–Trinajstić information content (AvgIpc) is 3.51. The van der Waals surface area contributed by atoms with Crippen molar-refractivity contribution in [3.8, 4) is 34.3 Å². The number of nitrogens with zero attached hydrogens (tertiary/aromatic N) is 4. The van der Waals surface area contributed by atoms with Crippen molar-refractivity contribution in [2.75, 3.05) is 20.8 Å². The number of hydrogen-bond donors (Lipinski definition) is 1. The summed E-state index contributed by atoms with van der Waals surface area (Å²) >= 11 is 0. The van der Waals surface area contributed by atoms with Gasteiger partial charge >= 0.3 is 0 Å². The highest BCUT2D eigenvalue weighted by atomic mass is 16.5. The molecule has 1 aromatic carbocycles. The van der Waals surface area contributed by atoms with E-state index in [0.717, 1.165) is 54.1 Å². The molecule has 0 bridgehead atoms. The predicted molar refractivity (Wildman–Crippen MR) is 115 cm³/mol. The van der Waals surface area contributed by atoms with Gasteiger partial charge in [-0.15, -0.1) is 0 Å². The number of furan rings is 1. The maximum absolute atomic E-state index is 5.45. The number of nitrogens with one attached hydrogen (secondary N) is 1. The van der Waals surface area contributed by atoms with Crippen molar-refractivity contribution < 1.29 is 13.9 Å². The van der Waals surface area contributed by atoms with Gasteiger partial charge in [0, 0.05) is 48.9 Å². The molecule has 1 aliphatic heterocycles. The molecule has 5 rings (SSSR count). The zero-order valence-corrected chi connectivity index (χ0v) is 17.5.